The summed E-state index contributed by atoms with van der Waals surface area (Å²) < 4.78 is 0. The van der Waals surface area contributed by atoms with E-state index in [1.165, 1.54) is 12.8 Å². The molecule has 0 N–H and O–H groups in total. The van der Waals surface area contributed by atoms with E-state index in [2.05, 4.69) is 21.8 Å². The third-order valence-electron chi connectivity index (χ3n) is 4.91. The van der Waals surface area contributed by atoms with Gasteiger partial charge in [-0.05, 0) is 38.2 Å². The first-order chi connectivity index (χ1) is 12.6. The molecule has 1 fully saturated rings. The lowest BCUT2D eigenvalue weighted by molar-refractivity contribution is 0.0746. The van der Waals surface area contributed by atoms with Gasteiger partial charge in [-0.25, -0.2) is 9.97 Å². The number of carbonyl (C=O) groups is 1. The van der Waals surface area contributed by atoms with Crippen molar-refractivity contribution in [2.75, 3.05) is 24.5 Å². The molecule has 2 heterocycles. The number of amides is 1. The average molecular weight is 352 g/mol. The Morgan fingerprint density at radius 3 is 2.73 bits per heavy atom. The predicted octanol–water partition coefficient (Wildman–Crippen LogP) is 3.68. The predicted molar refractivity (Wildman–Crippen MR) is 104 cm³/mol. The van der Waals surface area contributed by atoms with E-state index in [1.807, 2.05) is 55.1 Å². The van der Waals surface area contributed by atoms with Gasteiger partial charge < -0.3 is 9.80 Å². The Hall–Kier alpha value is -2.43. The number of rotatable bonds is 5. The minimum atomic E-state index is -0.0341. The fraction of sp³-hybridized carbons (Fsp3) is 0.476. The number of hydrogen-bond acceptors (Lipinski definition) is 4. The van der Waals surface area contributed by atoms with Crippen molar-refractivity contribution in [2.24, 2.45) is 5.92 Å². The number of anilines is 1. The molecule has 1 aliphatic heterocycles. The second-order valence-corrected chi connectivity index (χ2v) is 7.16. The first-order valence-corrected chi connectivity index (χ1v) is 9.50. The molecular weight excluding hydrogens is 324 g/mol. The van der Waals surface area contributed by atoms with Crippen LogP contribution in [0.25, 0.3) is 0 Å². The summed E-state index contributed by atoms with van der Waals surface area (Å²) in [5, 5.41) is 0. The number of carbonyl (C=O) groups excluding carboxylic acids is 1. The van der Waals surface area contributed by atoms with Gasteiger partial charge in [-0.3, -0.25) is 4.79 Å². The van der Waals surface area contributed by atoms with Crippen LogP contribution in [0.5, 0.6) is 0 Å². The molecule has 26 heavy (non-hydrogen) atoms. The van der Waals surface area contributed by atoms with Gasteiger partial charge in [0.05, 0.1) is 0 Å². The molecule has 1 atom stereocenters. The maximum absolute atomic E-state index is 13.0. The van der Waals surface area contributed by atoms with Gasteiger partial charge in [-0.15, -0.1) is 0 Å². The molecular formula is C21H28N4O. The standard InChI is InChI=1S/C21H28N4O/c1-4-24(15-18-10-6-5-7-11-18)21(26)19-13-20(23-17(3)22-19)25-12-8-9-16(2)14-25/h5-7,10-11,13,16H,4,8-9,12,14-15H2,1-3H3. The Labute approximate surface area is 156 Å². The third kappa shape index (κ3) is 4.40. The minimum absolute atomic E-state index is 0.0341. The van der Waals surface area contributed by atoms with Crippen LogP contribution in [0.3, 0.4) is 0 Å². The minimum Gasteiger partial charge on any atom is -0.356 e. The van der Waals surface area contributed by atoms with Gasteiger partial charge in [-0.2, -0.15) is 0 Å². The summed E-state index contributed by atoms with van der Waals surface area (Å²) in [4.78, 5) is 26.2. The SMILES string of the molecule is CCN(Cc1ccccc1)C(=O)c1cc(N2CCCC(C)C2)nc(C)n1. The summed E-state index contributed by atoms with van der Waals surface area (Å²) in [5.41, 5.74) is 1.61. The van der Waals surface area contributed by atoms with Crippen LogP contribution in [0, 0.1) is 12.8 Å². The van der Waals surface area contributed by atoms with Crippen LogP contribution < -0.4 is 4.90 Å². The van der Waals surface area contributed by atoms with E-state index in [-0.39, 0.29) is 5.91 Å². The van der Waals surface area contributed by atoms with Crippen molar-refractivity contribution in [2.45, 2.75) is 40.2 Å². The molecule has 1 unspecified atom stereocenters. The van der Waals surface area contributed by atoms with E-state index < -0.39 is 0 Å². The largest absolute Gasteiger partial charge is 0.356 e. The molecule has 2 aromatic rings. The molecule has 0 bridgehead atoms. The topological polar surface area (TPSA) is 49.3 Å². The van der Waals surface area contributed by atoms with Gasteiger partial charge in [0, 0.05) is 32.2 Å². The molecule has 1 amide bonds. The normalized spacial score (nSPS) is 17.2. The highest BCUT2D eigenvalue weighted by atomic mass is 16.2. The maximum atomic E-state index is 13.0. The molecule has 138 valence electrons. The molecule has 0 aliphatic carbocycles. The summed E-state index contributed by atoms with van der Waals surface area (Å²) in [7, 11) is 0. The van der Waals surface area contributed by atoms with E-state index in [1.54, 1.807) is 0 Å². The second-order valence-electron chi connectivity index (χ2n) is 7.16. The number of nitrogens with zero attached hydrogens (tertiary/aromatic N) is 4. The highest BCUT2D eigenvalue weighted by Crippen LogP contribution is 2.22. The van der Waals surface area contributed by atoms with Gasteiger partial charge in [0.15, 0.2) is 0 Å². The maximum Gasteiger partial charge on any atom is 0.272 e. The molecule has 1 aromatic heterocycles. The van der Waals surface area contributed by atoms with E-state index in [9.17, 15) is 4.79 Å². The average Bonchev–Trinajstić information content (AvgIpc) is 2.66. The van der Waals surface area contributed by atoms with Crippen molar-refractivity contribution in [3.05, 3.63) is 53.5 Å². The number of benzene rings is 1. The van der Waals surface area contributed by atoms with Crippen molar-refractivity contribution in [1.29, 1.82) is 0 Å². The van der Waals surface area contributed by atoms with Gasteiger partial charge in [0.2, 0.25) is 0 Å². The zero-order valence-electron chi connectivity index (χ0n) is 16.0. The molecule has 5 nitrogen and oxygen atoms in total. The van der Waals surface area contributed by atoms with Crippen LogP contribution in [0.15, 0.2) is 36.4 Å². The fourth-order valence-corrected chi connectivity index (χ4v) is 3.51. The first kappa shape index (κ1) is 18.4. The smallest absolute Gasteiger partial charge is 0.272 e. The van der Waals surface area contributed by atoms with Gasteiger partial charge in [0.25, 0.3) is 5.91 Å². The lowest BCUT2D eigenvalue weighted by atomic mass is 10.0. The highest BCUT2D eigenvalue weighted by Gasteiger charge is 2.22. The summed E-state index contributed by atoms with van der Waals surface area (Å²) in [6.45, 7) is 9.36. The summed E-state index contributed by atoms with van der Waals surface area (Å²) in [6, 6.07) is 11.9. The summed E-state index contributed by atoms with van der Waals surface area (Å²) >= 11 is 0. The molecule has 5 heteroatoms. The quantitative estimate of drug-likeness (QED) is 0.823. The van der Waals surface area contributed by atoms with Crippen LogP contribution in [0.2, 0.25) is 0 Å². The second kappa shape index (κ2) is 8.30. The van der Waals surface area contributed by atoms with Crippen LogP contribution in [0.1, 0.15) is 48.6 Å². The number of aromatic nitrogens is 2. The van der Waals surface area contributed by atoms with E-state index >= 15 is 0 Å². The Kier molecular flexibility index (Phi) is 5.86. The Balaban J connectivity index is 1.81. The summed E-state index contributed by atoms with van der Waals surface area (Å²) in [5.74, 6) is 2.15. The lowest BCUT2D eigenvalue weighted by Crippen LogP contribution is -2.36. The Bertz CT molecular complexity index is 747. The molecule has 1 aromatic carbocycles. The third-order valence-corrected chi connectivity index (χ3v) is 4.91. The van der Waals surface area contributed by atoms with Crippen LogP contribution in [0.4, 0.5) is 5.82 Å². The van der Waals surface area contributed by atoms with Crippen LogP contribution >= 0.6 is 0 Å². The Morgan fingerprint density at radius 1 is 1.27 bits per heavy atom. The van der Waals surface area contributed by atoms with Crippen LogP contribution in [-0.4, -0.2) is 40.4 Å². The zero-order valence-corrected chi connectivity index (χ0v) is 16.0. The van der Waals surface area contributed by atoms with E-state index in [0.717, 1.165) is 24.5 Å². The number of piperidine rings is 1. The van der Waals surface area contributed by atoms with Crippen molar-refractivity contribution in [1.82, 2.24) is 14.9 Å². The monoisotopic (exact) mass is 352 g/mol. The van der Waals surface area contributed by atoms with Gasteiger partial charge in [0.1, 0.15) is 17.3 Å². The summed E-state index contributed by atoms with van der Waals surface area (Å²) in [6.07, 6.45) is 2.43. The van der Waals surface area contributed by atoms with Crippen molar-refractivity contribution < 1.29 is 4.79 Å². The fourth-order valence-electron chi connectivity index (χ4n) is 3.51. The first-order valence-electron chi connectivity index (χ1n) is 9.50. The van der Waals surface area contributed by atoms with Crippen molar-refractivity contribution in [3.8, 4) is 0 Å². The molecule has 1 aliphatic rings. The zero-order chi connectivity index (χ0) is 18.5. The number of aryl methyl sites for hydroxylation is 1. The van der Waals surface area contributed by atoms with Crippen molar-refractivity contribution >= 4 is 11.7 Å². The lowest BCUT2D eigenvalue weighted by Gasteiger charge is -2.32. The van der Waals surface area contributed by atoms with E-state index in [4.69, 9.17) is 0 Å². The number of hydrogen-bond donors (Lipinski definition) is 0. The van der Waals surface area contributed by atoms with Crippen LogP contribution in [-0.2, 0) is 6.54 Å². The highest BCUT2D eigenvalue weighted by molar-refractivity contribution is 5.93. The molecule has 0 spiro atoms. The van der Waals surface area contributed by atoms with E-state index in [0.29, 0.717) is 30.5 Å². The van der Waals surface area contributed by atoms with Crippen molar-refractivity contribution in [3.63, 3.8) is 0 Å². The van der Waals surface area contributed by atoms with Gasteiger partial charge in [-0.1, -0.05) is 37.3 Å². The van der Waals surface area contributed by atoms with Gasteiger partial charge >= 0.3 is 0 Å². The molecule has 1 saturated heterocycles. The molecule has 3 rings (SSSR count). The molecule has 0 radical (unpaired) electrons. The molecule has 0 saturated carbocycles. The Morgan fingerprint density at radius 2 is 2.04 bits per heavy atom.